The maximum atomic E-state index is 13.2. The molecule has 0 N–H and O–H groups in total. The van der Waals surface area contributed by atoms with Crippen molar-refractivity contribution in [1.29, 1.82) is 0 Å². The maximum absolute atomic E-state index is 13.2. The Kier molecular flexibility index (Phi) is 3.96. The molecule has 0 unspecified atom stereocenters. The van der Waals surface area contributed by atoms with Crippen molar-refractivity contribution in [2.75, 3.05) is 11.0 Å². The van der Waals surface area contributed by atoms with Crippen LogP contribution in [0.25, 0.3) is 0 Å². The van der Waals surface area contributed by atoms with E-state index >= 15 is 0 Å². The van der Waals surface area contributed by atoms with Crippen molar-refractivity contribution in [3.05, 3.63) is 41.7 Å². The number of allylic oxidation sites excluding steroid dienone is 1. The summed E-state index contributed by atoms with van der Waals surface area (Å²) in [5.74, 6) is -0.301. The molecule has 0 saturated carbocycles. The molecule has 0 saturated heterocycles. The van der Waals surface area contributed by atoms with Gasteiger partial charge in [-0.3, -0.25) is 4.42 Å². The Bertz CT molecular complexity index is 332. The van der Waals surface area contributed by atoms with Crippen LogP contribution in [0.3, 0.4) is 0 Å². The molecule has 14 heavy (non-hydrogen) atoms. The summed E-state index contributed by atoms with van der Waals surface area (Å²) in [4.78, 5) is 0. The van der Waals surface area contributed by atoms with E-state index in [-0.39, 0.29) is 5.82 Å². The van der Waals surface area contributed by atoms with E-state index in [1.165, 1.54) is 10.5 Å². The molecule has 1 nitrogen and oxygen atoms in total. The van der Waals surface area contributed by atoms with Gasteiger partial charge in [-0.05, 0) is 26.0 Å². The Morgan fingerprint density at radius 2 is 2.07 bits per heavy atom. The van der Waals surface area contributed by atoms with Gasteiger partial charge in [0.15, 0.2) is 0 Å². The minimum atomic E-state index is -0.301. The number of benzene rings is 1. The first-order valence-electron chi connectivity index (χ1n) is 4.42. The van der Waals surface area contributed by atoms with Crippen molar-refractivity contribution in [2.24, 2.45) is 0 Å². The minimum Gasteiger partial charge on any atom is -0.279 e. The molecule has 0 aliphatic rings. The van der Waals surface area contributed by atoms with E-state index < -0.39 is 0 Å². The van der Waals surface area contributed by atoms with Crippen LogP contribution in [-0.4, -0.2) is 6.54 Å². The molecule has 0 bridgehead atoms. The van der Waals surface area contributed by atoms with Gasteiger partial charge in [-0.25, -0.2) is 4.39 Å². The molecule has 0 fully saturated rings. The van der Waals surface area contributed by atoms with Gasteiger partial charge in [0.25, 0.3) is 0 Å². The summed E-state index contributed by atoms with van der Waals surface area (Å²) in [5, 5.41) is 0. The Morgan fingerprint density at radius 3 is 2.64 bits per heavy atom. The molecule has 3 heteroatoms. The topological polar surface area (TPSA) is 3.24 Å². The largest absolute Gasteiger partial charge is 0.279 e. The Morgan fingerprint density at radius 1 is 1.43 bits per heavy atom. The molecular formula is C11H13ClFN. The van der Waals surface area contributed by atoms with E-state index in [2.05, 4.69) is 0 Å². The second-order valence-electron chi connectivity index (χ2n) is 3.28. The second kappa shape index (κ2) is 5.01. The summed E-state index contributed by atoms with van der Waals surface area (Å²) in [6.45, 7) is 4.46. The van der Waals surface area contributed by atoms with Crippen molar-refractivity contribution >= 4 is 17.5 Å². The van der Waals surface area contributed by atoms with Gasteiger partial charge >= 0.3 is 0 Å². The van der Waals surface area contributed by atoms with Crippen molar-refractivity contribution < 1.29 is 4.39 Å². The molecule has 0 aromatic heterocycles. The second-order valence-corrected chi connectivity index (χ2v) is 3.69. The first kappa shape index (κ1) is 11.1. The molecule has 0 radical (unpaired) electrons. The Hall–Kier alpha value is -1.02. The van der Waals surface area contributed by atoms with Gasteiger partial charge in [0.2, 0.25) is 0 Å². The highest BCUT2D eigenvalue weighted by Gasteiger charge is 2.06. The molecule has 1 rings (SSSR count). The third-order valence-corrected chi connectivity index (χ3v) is 2.09. The van der Waals surface area contributed by atoms with E-state index in [9.17, 15) is 4.39 Å². The van der Waals surface area contributed by atoms with Crippen LogP contribution in [0.15, 0.2) is 35.9 Å². The van der Waals surface area contributed by atoms with Gasteiger partial charge in [-0.15, -0.1) is 0 Å². The van der Waals surface area contributed by atoms with Gasteiger partial charge in [0, 0.05) is 11.8 Å². The number of halogens is 2. The van der Waals surface area contributed by atoms with Crippen LogP contribution < -0.4 is 4.42 Å². The van der Waals surface area contributed by atoms with Crippen molar-refractivity contribution in [1.82, 2.24) is 0 Å². The average Bonchev–Trinajstić information content (AvgIpc) is 2.15. The number of para-hydroxylation sites is 1. The van der Waals surface area contributed by atoms with Crippen LogP contribution in [0, 0.1) is 5.82 Å². The minimum absolute atomic E-state index is 0.301. The molecule has 0 aliphatic heterocycles. The van der Waals surface area contributed by atoms with Crippen LogP contribution in [0.4, 0.5) is 10.1 Å². The van der Waals surface area contributed by atoms with Crippen LogP contribution in [0.1, 0.15) is 13.8 Å². The molecule has 0 atom stereocenters. The Balaban J connectivity index is 2.74. The SMILES string of the molecule is CC(C)=CCN(Cl)c1ccccc1F. The van der Waals surface area contributed by atoms with Crippen molar-refractivity contribution in [3.8, 4) is 0 Å². The number of hydrogen-bond acceptors (Lipinski definition) is 1. The van der Waals surface area contributed by atoms with Crippen LogP contribution in [-0.2, 0) is 0 Å². The lowest BCUT2D eigenvalue weighted by atomic mass is 10.3. The normalized spacial score (nSPS) is 9.71. The number of rotatable bonds is 3. The van der Waals surface area contributed by atoms with E-state index in [0.717, 1.165) is 5.57 Å². The molecule has 1 aromatic rings. The molecule has 0 heterocycles. The van der Waals surface area contributed by atoms with Gasteiger partial charge in [-0.2, -0.15) is 0 Å². The van der Waals surface area contributed by atoms with Crippen molar-refractivity contribution in [2.45, 2.75) is 13.8 Å². The quantitative estimate of drug-likeness (QED) is 0.546. The van der Waals surface area contributed by atoms with Crippen LogP contribution in [0.2, 0.25) is 0 Å². The summed E-state index contributed by atoms with van der Waals surface area (Å²) in [7, 11) is 0. The van der Waals surface area contributed by atoms with E-state index in [1.54, 1.807) is 18.2 Å². The fourth-order valence-electron chi connectivity index (χ4n) is 1.01. The highest BCUT2D eigenvalue weighted by Crippen LogP contribution is 2.20. The molecule has 76 valence electrons. The zero-order valence-corrected chi connectivity index (χ0v) is 9.05. The molecular weight excluding hydrogens is 201 g/mol. The van der Waals surface area contributed by atoms with Gasteiger partial charge < -0.3 is 0 Å². The molecule has 0 spiro atoms. The van der Waals surface area contributed by atoms with Crippen LogP contribution in [0.5, 0.6) is 0 Å². The zero-order valence-electron chi connectivity index (χ0n) is 8.30. The Labute approximate surface area is 88.9 Å². The average molecular weight is 214 g/mol. The summed E-state index contributed by atoms with van der Waals surface area (Å²) in [6, 6.07) is 6.45. The number of anilines is 1. The molecule has 1 aromatic carbocycles. The van der Waals surface area contributed by atoms with Gasteiger partial charge in [-0.1, -0.05) is 23.8 Å². The van der Waals surface area contributed by atoms with Crippen molar-refractivity contribution in [3.63, 3.8) is 0 Å². The summed E-state index contributed by atoms with van der Waals surface area (Å²) < 4.78 is 14.6. The monoisotopic (exact) mass is 213 g/mol. The number of nitrogens with zero attached hydrogens (tertiary/aromatic N) is 1. The first-order chi connectivity index (χ1) is 6.61. The number of hydrogen-bond donors (Lipinski definition) is 0. The lowest BCUT2D eigenvalue weighted by Gasteiger charge is -2.14. The summed E-state index contributed by atoms with van der Waals surface area (Å²) >= 11 is 5.90. The first-order valence-corrected chi connectivity index (χ1v) is 4.76. The summed E-state index contributed by atoms with van der Waals surface area (Å²) in [6.07, 6.45) is 1.94. The molecule has 0 amide bonds. The van der Waals surface area contributed by atoms with Gasteiger partial charge in [0.05, 0.1) is 12.2 Å². The highest BCUT2D eigenvalue weighted by atomic mass is 35.5. The zero-order chi connectivity index (χ0) is 10.6. The van der Waals surface area contributed by atoms with Gasteiger partial charge in [0.1, 0.15) is 5.82 Å². The fraction of sp³-hybridized carbons (Fsp3) is 0.273. The molecule has 0 aliphatic carbocycles. The predicted molar refractivity (Wildman–Crippen MR) is 59.0 cm³/mol. The summed E-state index contributed by atoms with van der Waals surface area (Å²) in [5.41, 5.74) is 1.57. The van der Waals surface area contributed by atoms with E-state index in [0.29, 0.717) is 12.2 Å². The standard InChI is InChI=1S/C11H13ClFN/c1-9(2)7-8-14(12)11-6-4-3-5-10(11)13/h3-7H,8H2,1-2H3. The lowest BCUT2D eigenvalue weighted by molar-refractivity contribution is 0.628. The van der Waals surface area contributed by atoms with E-state index in [1.807, 2.05) is 19.9 Å². The van der Waals surface area contributed by atoms with E-state index in [4.69, 9.17) is 11.8 Å². The third kappa shape index (κ3) is 3.04. The highest BCUT2D eigenvalue weighted by molar-refractivity contribution is 6.25. The lowest BCUT2D eigenvalue weighted by Crippen LogP contribution is -2.11. The predicted octanol–water partition coefficient (Wildman–Crippen LogP) is 3.75. The van der Waals surface area contributed by atoms with Crippen LogP contribution >= 0.6 is 11.8 Å². The fourth-order valence-corrected chi connectivity index (χ4v) is 1.22. The smallest absolute Gasteiger partial charge is 0.147 e. The third-order valence-electron chi connectivity index (χ3n) is 1.77. The maximum Gasteiger partial charge on any atom is 0.147 e.